The predicted molar refractivity (Wildman–Crippen MR) is 69.7 cm³/mol. The molecule has 6 heteroatoms. The second kappa shape index (κ2) is 6.16. The molecule has 0 aliphatic carbocycles. The fraction of sp³-hybridized carbons (Fsp3) is 0.692. The first-order chi connectivity index (χ1) is 9.13. The zero-order valence-corrected chi connectivity index (χ0v) is 11.8. The van der Waals surface area contributed by atoms with Gasteiger partial charge in [-0.1, -0.05) is 0 Å². The summed E-state index contributed by atoms with van der Waals surface area (Å²) in [5.74, 6) is -0.301. The van der Waals surface area contributed by atoms with Gasteiger partial charge in [-0.25, -0.2) is 4.79 Å². The van der Waals surface area contributed by atoms with E-state index >= 15 is 0 Å². The topological polar surface area (TPSA) is 56.6 Å². The van der Waals surface area contributed by atoms with Crippen molar-refractivity contribution in [2.24, 2.45) is 0 Å². The van der Waals surface area contributed by atoms with Gasteiger partial charge < -0.3 is 9.47 Å². The van der Waals surface area contributed by atoms with Crippen LogP contribution in [0.4, 0.5) is 0 Å². The van der Waals surface area contributed by atoms with Crippen molar-refractivity contribution in [2.75, 3.05) is 26.8 Å². The molecule has 1 aromatic rings. The molecule has 0 saturated carbocycles. The lowest BCUT2D eigenvalue weighted by Crippen LogP contribution is -2.46. The van der Waals surface area contributed by atoms with Crippen LogP contribution >= 0.6 is 0 Å². The second-order valence-electron chi connectivity index (χ2n) is 4.71. The van der Waals surface area contributed by atoms with Crippen LogP contribution in [0.25, 0.3) is 0 Å². The Morgan fingerprint density at radius 1 is 1.63 bits per heavy atom. The number of morpholine rings is 1. The average Bonchev–Trinajstić information content (AvgIpc) is 2.78. The molecule has 0 bridgehead atoms. The van der Waals surface area contributed by atoms with Crippen molar-refractivity contribution in [2.45, 2.75) is 33.0 Å². The number of esters is 1. The SMILES string of the molecule is CCn1nc(C)cc1CN1CCOC(C(=O)OC)C1. The van der Waals surface area contributed by atoms with E-state index in [4.69, 9.17) is 9.47 Å². The Morgan fingerprint density at radius 3 is 3.11 bits per heavy atom. The lowest BCUT2D eigenvalue weighted by atomic mass is 10.2. The van der Waals surface area contributed by atoms with E-state index in [0.717, 1.165) is 25.3 Å². The number of hydrogen-bond donors (Lipinski definition) is 0. The number of ether oxygens (including phenoxy) is 2. The van der Waals surface area contributed by atoms with Crippen molar-refractivity contribution >= 4 is 5.97 Å². The van der Waals surface area contributed by atoms with Gasteiger partial charge in [-0.3, -0.25) is 9.58 Å². The molecule has 1 saturated heterocycles. The zero-order chi connectivity index (χ0) is 13.8. The molecule has 1 atom stereocenters. The Hall–Kier alpha value is -1.40. The smallest absolute Gasteiger partial charge is 0.336 e. The van der Waals surface area contributed by atoms with E-state index < -0.39 is 6.10 Å². The maximum absolute atomic E-state index is 11.5. The summed E-state index contributed by atoms with van der Waals surface area (Å²) in [5, 5.41) is 4.43. The first-order valence-corrected chi connectivity index (χ1v) is 6.59. The van der Waals surface area contributed by atoms with Gasteiger partial charge in [-0.2, -0.15) is 5.10 Å². The minimum Gasteiger partial charge on any atom is -0.467 e. The van der Waals surface area contributed by atoms with Crippen LogP contribution in [0.1, 0.15) is 18.3 Å². The molecule has 6 nitrogen and oxygen atoms in total. The zero-order valence-electron chi connectivity index (χ0n) is 11.8. The van der Waals surface area contributed by atoms with E-state index in [0.29, 0.717) is 13.2 Å². The molecule has 0 spiro atoms. The molecule has 2 heterocycles. The van der Waals surface area contributed by atoms with Crippen LogP contribution < -0.4 is 0 Å². The van der Waals surface area contributed by atoms with Crippen molar-refractivity contribution in [3.63, 3.8) is 0 Å². The monoisotopic (exact) mass is 267 g/mol. The van der Waals surface area contributed by atoms with Gasteiger partial charge >= 0.3 is 5.97 Å². The maximum atomic E-state index is 11.5. The molecule has 1 fully saturated rings. The number of aromatic nitrogens is 2. The molecule has 0 amide bonds. The van der Waals surface area contributed by atoms with E-state index in [1.807, 2.05) is 11.6 Å². The summed E-state index contributed by atoms with van der Waals surface area (Å²) in [6.45, 7) is 7.65. The Balaban J connectivity index is 2.00. The van der Waals surface area contributed by atoms with Crippen LogP contribution in [0.3, 0.4) is 0 Å². The second-order valence-corrected chi connectivity index (χ2v) is 4.71. The van der Waals surface area contributed by atoms with Crippen molar-refractivity contribution < 1.29 is 14.3 Å². The largest absolute Gasteiger partial charge is 0.467 e. The fourth-order valence-electron chi connectivity index (χ4n) is 2.35. The van der Waals surface area contributed by atoms with Crippen molar-refractivity contribution in [3.8, 4) is 0 Å². The molecule has 1 aliphatic heterocycles. The first-order valence-electron chi connectivity index (χ1n) is 6.59. The van der Waals surface area contributed by atoms with E-state index in [2.05, 4.69) is 23.0 Å². The van der Waals surface area contributed by atoms with Gasteiger partial charge in [0.05, 0.1) is 25.1 Å². The summed E-state index contributed by atoms with van der Waals surface area (Å²) in [4.78, 5) is 13.7. The summed E-state index contributed by atoms with van der Waals surface area (Å²) in [6, 6.07) is 2.09. The number of carbonyl (C=O) groups excluding carboxylic acids is 1. The molecule has 1 unspecified atom stereocenters. The molecule has 0 aromatic carbocycles. The number of carbonyl (C=O) groups is 1. The molecule has 0 N–H and O–H groups in total. The summed E-state index contributed by atoms with van der Waals surface area (Å²) in [5.41, 5.74) is 2.19. The van der Waals surface area contributed by atoms with Crippen LogP contribution in [-0.4, -0.2) is 53.6 Å². The van der Waals surface area contributed by atoms with Crippen LogP contribution in [0.2, 0.25) is 0 Å². The van der Waals surface area contributed by atoms with Crippen LogP contribution in [0.5, 0.6) is 0 Å². The van der Waals surface area contributed by atoms with Crippen molar-refractivity contribution in [1.29, 1.82) is 0 Å². The number of rotatable bonds is 4. The van der Waals surface area contributed by atoms with Gasteiger partial charge in [0.2, 0.25) is 0 Å². The quantitative estimate of drug-likeness (QED) is 0.747. The van der Waals surface area contributed by atoms with E-state index in [9.17, 15) is 4.79 Å². The van der Waals surface area contributed by atoms with Crippen LogP contribution in [0, 0.1) is 6.92 Å². The Bertz CT molecular complexity index is 444. The Kier molecular flexibility index (Phi) is 4.55. The summed E-state index contributed by atoms with van der Waals surface area (Å²) in [6.07, 6.45) is -0.474. The van der Waals surface area contributed by atoms with E-state index in [1.165, 1.54) is 12.8 Å². The molecular weight excluding hydrogens is 246 g/mol. The molecule has 19 heavy (non-hydrogen) atoms. The van der Waals surface area contributed by atoms with Gasteiger partial charge in [0.25, 0.3) is 0 Å². The van der Waals surface area contributed by atoms with Crippen molar-refractivity contribution in [1.82, 2.24) is 14.7 Å². The highest BCUT2D eigenvalue weighted by atomic mass is 16.6. The van der Waals surface area contributed by atoms with E-state index in [-0.39, 0.29) is 5.97 Å². The Morgan fingerprint density at radius 2 is 2.42 bits per heavy atom. The number of nitrogens with zero attached hydrogens (tertiary/aromatic N) is 3. The standard InChI is InChI=1S/C13H21N3O3/c1-4-16-11(7-10(2)14-16)8-15-5-6-19-12(9-15)13(17)18-3/h7,12H,4-6,8-9H2,1-3H3. The van der Waals surface area contributed by atoms with E-state index in [1.54, 1.807) is 0 Å². The Labute approximate surface area is 113 Å². The third-order valence-electron chi connectivity index (χ3n) is 3.29. The first kappa shape index (κ1) is 14.0. The maximum Gasteiger partial charge on any atom is 0.336 e. The normalized spacial score (nSPS) is 20.5. The van der Waals surface area contributed by atoms with Gasteiger partial charge in [0.15, 0.2) is 6.10 Å². The van der Waals surface area contributed by atoms with Gasteiger partial charge in [0, 0.05) is 26.2 Å². The molecule has 106 valence electrons. The summed E-state index contributed by atoms with van der Waals surface area (Å²) >= 11 is 0. The number of methoxy groups -OCH3 is 1. The molecule has 0 radical (unpaired) electrons. The van der Waals surface area contributed by atoms with Gasteiger partial charge in [-0.05, 0) is 19.9 Å². The molecular formula is C13H21N3O3. The summed E-state index contributed by atoms with van der Waals surface area (Å²) < 4.78 is 12.1. The molecule has 2 rings (SSSR count). The highest BCUT2D eigenvalue weighted by Crippen LogP contribution is 2.12. The summed E-state index contributed by atoms with van der Waals surface area (Å²) in [7, 11) is 1.39. The van der Waals surface area contributed by atoms with Crippen LogP contribution in [-0.2, 0) is 27.4 Å². The predicted octanol–water partition coefficient (Wildman–Crippen LogP) is 0.585. The highest BCUT2D eigenvalue weighted by Gasteiger charge is 2.27. The van der Waals surface area contributed by atoms with Gasteiger partial charge in [0.1, 0.15) is 0 Å². The van der Waals surface area contributed by atoms with Gasteiger partial charge in [-0.15, -0.1) is 0 Å². The number of aryl methyl sites for hydroxylation is 2. The minimum absolute atomic E-state index is 0.301. The van der Waals surface area contributed by atoms with Crippen molar-refractivity contribution in [3.05, 3.63) is 17.5 Å². The third kappa shape index (κ3) is 3.33. The number of hydrogen-bond acceptors (Lipinski definition) is 5. The molecule has 1 aromatic heterocycles. The lowest BCUT2D eigenvalue weighted by Gasteiger charge is -2.31. The minimum atomic E-state index is -0.474. The highest BCUT2D eigenvalue weighted by molar-refractivity contribution is 5.74. The third-order valence-corrected chi connectivity index (χ3v) is 3.29. The fourth-order valence-corrected chi connectivity index (χ4v) is 2.35. The van der Waals surface area contributed by atoms with Crippen LogP contribution in [0.15, 0.2) is 6.07 Å². The lowest BCUT2D eigenvalue weighted by molar-refractivity contribution is -0.160. The molecule has 1 aliphatic rings. The average molecular weight is 267 g/mol.